The van der Waals surface area contributed by atoms with Gasteiger partial charge in [-0.05, 0) is 29.5 Å². The lowest BCUT2D eigenvalue weighted by Gasteiger charge is -2.06. The summed E-state index contributed by atoms with van der Waals surface area (Å²) in [7, 11) is 3.48. The zero-order chi connectivity index (χ0) is 16.2. The number of hydrogen-bond acceptors (Lipinski definition) is 6. The topological polar surface area (TPSA) is 99.8 Å². The van der Waals surface area contributed by atoms with Crippen LogP contribution in [0.1, 0.15) is 0 Å². The fourth-order valence-corrected chi connectivity index (χ4v) is 1.93. The van der Waals surface area contributed by atoms with Gasteiger partial charge in [-0.25, -0.2) is 0 Å². The minimum Gasteiger partial charge on any atom is -0.484 e. The number of ether oxygens (including phenoxy) is 1. The quantitative estimate of drug-likeness (QED) is 0.741. The maximum absolute atomic E-state index is 11.8. The first kappa shape index (κ1) is 14.7. The van der Waals surface area contributed by atoms with E-state index < -0.39 is 0 Å². The van der Waals surface area contributed by atoms with Crippen molar-refractivity contribution in [3.8, 4) is 17.1 Å². The smallest absolute Gasteiger partial charge is 0.262 e. The zero-order valence-corrected chi connectivity index (χ0v) is 12.7. The summed E-state index contributed by atoms with van der Waals surface area (Å²) in [6, 6.07) is 7.13. The molecule has 3 rings (SSSR count). The zero-order valence-electron chi connectivity index (χ0n) is 12.7. The second-order valence-corrected chi connectivity index (χ2v) is 4.87. The molecule has 0 unspecified atom stereocenters. The molecule has 0 aliphatic heterocycles. The lowest BCUT2D eigenvalue weighted by Crippen LogP contribution is -2.19. The first-order chi connectivity index (χ1) is 11.1. The third-order valence-electron chi connectivity index (χ3n) is 2.98. The molecule has 23 heavy (non-hydrogen) atoms. The molecule has 0 bridgehead atoms. The Labute approximate surface area is 131 Å². The normalized spacial score (nSPS) is 10.5. The molecule has 0 saturated carbocycles. The third kappa shape index (κ3) is 3.70. The highest BCUT2D eigenvalue weighted by atomic mass is 16.5. The first-order valence-electron chi connectivity index (χ1n) is 6.86. The molecule has 9 nitrogen and oxygen atoms in total. The van der Waals surface area contributed by atoms with Crippen LogP contribution in [0.15, 0.2) is 36.7 Å². The SMILES string of the molecule is Cn1cc(NC(=O)COc2ccc(-c3nnn(C)n3)cc2)cn1. The van der Waals surface area contributed by atoms with Gasteiger partial charge in [0.15, 0.2) is 6.61 Å². The average Bonchev–Trinajstić information content (AvgIpc) is 3.14. The van der Waals surface area contributed by atoms with E-state index in [9.17, 15) is 4.79 Å². The number of rotatable bonds is 5. The molecule has 0 atom stereocenters. The van der Waals surface area contributed by atoms with Crippen molar-refractivity contribution < 1.29 is 9.53 Å². The first-order valence-corrected chi connectivity index (χ1v) is 6.86. The van der Waals surface area contributed by atoms with Gasteiger partial charge in [-0.1, -0.05) is 0 Å². The Morgan fingerprint density at radius 3 is 2.65 bits per heavy atom. The number of amides is 1. The minimum absolute atomic E-state index is 0.0857. The van der Waals surface area contributed by atoms with Crippen molar-refractivity contribution in [3.63, 3.8) is 0 Å². The van der Waals surface area contributed by atoms with Gasteiger partial charge >= 0.3 is 0 Å². The van der Waals surface area contributed by atoms with E-state index in [-0.39, 0.29) is 12.5 Å². The van der Waals surface area contributed by atoms with Crippen LogP contribution in [0.2, 0.25) is 0 Å². The van der Waals surface area contributed by atoms with Gasteiger partial charge in [0.25, 0.3) is 5.91 Å². The third-order valence-corrected chi connectivity index (χ3v) is 2.98. The monoisotopic (exact) mass is 313 g/mol. The van der Waals surface area contributed by atoms with E-state index in [0.717, 1.165) is 5.56 Å². The number of nitrogens with one attached hydrogen (secondary N) is 1. The molecule has 1 N–H and O–H groups in total. The summed E-state index contributed by atoms with van der Waals surface area (Å²) >= 11 is 0. The van der Waals surface area contributed by atoms with Crippen LogP contribution in [-0.2, 0) is 18.9 Å². The predicted molar refractivity (Wildman–Crippen MR) is 81.6 cm³/mol. The van der Waals surface area contributed by atoms with Crippen LogP contribution in [0, 0.1) is 0 Å². The molecule has 0 saturated heterocycles. The van der Waals surface area contributed by atoms with E-state index >= 15 is 0 Å². The second kappa shape index (κ2) is 6.26. The van der Waals surface area contributed by atoms with Crippen molar-refractivity contribution in [1.29, 1.82) is 0 Å². The molecule has 0 aliphatic rings. The number of nitrogens with zero attached hydrogens (tertiary/aromatic N) is 6. The highest BCUT2D eigenvalue weighted by Gasteiger charge is 2.07. The van der Waals surface area contributed by atoms with Gasteiger partial charge < -0.3 is 10.1 Å². The number of carbonyl (C=O) groups excluding carboxylic acids is 1. The summed E-state index contributed by atoms with van der Waals surface area (Å²) in [5.74, 6) is 0.866. The molecular weight excluding hydrogens is 298 g/mol. The molecule has 0 spiro atoms. The maximum atomic E-state index is 11.8. The Kier molecular flexibility index (Phi) is 4.00. The second-order valence-electron chi connectivity index (χ2n) is 4.87. The highest BCUT2D eigenvalue weighted by Crippen LogP contribution is 2.18. The van der Waals surface area contributed by atoms with E-state index in [0.29, 0.717) is 17.3 Å². The van der Waals surface area contributed by atoms with Crippen molar-refractivity contribution in [2.75, 3.05) is 11.9 Å². The lowest BCUT2D eigenvalue weighted by molar-refractivity contribution is -0.118. The number of tetrazole rings is 1. The maximum Gasteiger partial charge on any atom is 0.262 e. The number of aromatic nitrogens is 6. The molecule has 1 aromatic carbocycles. The minimum atomic E-state index is -0.252. The lowest BCUT2D eigenvalue weighted by atomic mass is 10.2. The predicted octanol–water partition coefficient (Wildman–Crippen LogP) is 0.628. The summed E-state index contributed by atoms with van der Waals surface area (Å²) in [5.41, 5.74) is 1.45. The summed E-state index contributed by atoms with van der Waals surface area (Å²) < 4.78 is 7.05. The fourth-order valence-electron chi connectivity index (χ4n) is 1.93. The van der Waals surface area contributed by atoms with Gasteiger partial charge in [0.2, 0.25) is 5.82 Å². The van der Waals surface area contributed by atoms with E-state index in [4.69, 9.17) is 4.74 Å². The highest BCUT2D eigenvalue weighted by molar-refractivity contribution is 5.91. The largest absolute Gasteiger partial charge is 0.484 e. The standard InChI is InChI=1S/C14H15N7O2/c1-20-8-11(7-15-20)16-13(22)9-23-12-5-3-10(4-6-12)14-17-19-21(2)18-14/h3-8H,9H2,1-2H3,(H,16,22). The average molecular weight is 313 g/mol. The molecule has 3 aromatic rings. The van der Waals surface area contributed by atoms with Crippen molar-refractivity contribution in [2.24, 2.45) is 14.1 Å². The van der Waals surface area contributed by atoms with Gasteiger partial charge in [-0.3, -0.25) is 9.48 Å². The molecule has 2 aromatic heterocycles. The fraction of sp³-hybridized carbons (Fsp3) is 0.214. The van der Waals surface area contributed by atoms with E-state index in [1.54, 1.807) is 43.3 Å². The number of aryl methyl sites for hydroxylation is 2. The Balaban J connectivity index is 1.55. The molecule has 9 heteroatoms. The van der Waals surface area contributed by atoms with Crippen molar-refractivity contribution in [3.05, 3.63) is 36.7 Å². The number of benzene rings is 1. The van der Waals surface area contributed by atoms with Crippen molar-refractivity contribution in [2.45, 2.75) is 0 Å². The van der Waals surface area contributed by atoms with Gasteiger partial charge in [-0.15, -0.1) is 10.2 Å². The molecular formula is C14H15N7O2. The van der Waals surface area contributed by atoms with E-state index in [1.807, 2.05) is 12.1 Å². The van der Waals surface area contributed by atoms with Crippen molar-refractivity contribution in [1.82, 2.24) is 30.0 Å². The molecule has 0 fully saturated rings. The van der Waals surface area contributed by atoms with Gasteiger partial charge in [0.05, 0.1) is 18.9 Å². The summed E-state index contributed by atoms with van der Waals surface area (Å²) in [6.45, 7) is -0.0857. The van der Waals surface area contributed by atoms with Crippen LogP contribution in [0.3, 0.4) is 0 Å². The molecule has 1 amide bonds. The van der Waals surface area contributed by atoms with Crippen LogP contribution < -0.4 is 10.1 Å². The van der Waals surface area contributed by atoms with Crippen LogP contribution in [0.4, 0.5) is 5.69 Å². The summed E-state index contributed by atoms with van der Waals surface area (Å²) in [6.07, 6.45) is 3.28. The Morgan fingerprint density at radius 1 is 1.26 bits per heavy atom. The van der Waals surface area contributed by atoms with Gasteiger partial charge in [0.1, 0.15) is 5.75 Å². The van der Waals surface area contributed by atoms with Crippen LogP contribution >= 0.6 is 0 Å². The molecule has 2 heterocycles. The van der Waals surface area contributed by atoms with Crippen LogP contribution in [0.25, 0.3) is 11.4 Å². The Bertz CT molecular complexity index is 807. The Hall–Kier alpha value is -3.23. The number of carbonyl (C=O) groups is 1. The molecule has 118 valence electrons. The van der Waals surface area contributed by atoms with Gasteiger partial charge in [-0.2, -0.15) is 9.90 Å². The summed E-state index contributed by atoms with van der Waals surface area (Å²) in [5, 5.41) is 18.5. The Morgan fingerprint density at radius 2 is 2.04 bits per heavy atom. The van der Waals surface area contributed by atoms with Crippen LogP contribution in [-0.4, -0.2) is 42.5 Å². The number of anilines is 1. The van der Waals surface area contributed by atoms with Crippen LogP contribution in [0.5, 0.6) is 5.75 Å². The van der Waals surface area contributed by atoms with E-state index in [2.05, 4.69) is 25.8 Å². The van der Waals surface area contributed by atoms with Crippen molar-refractivity contribution >= 4 is 11.6 Å². The van der Waals surface area contributed by atoms with E-state index in [1.165, 1.54) is 4.80 Å². The van der Waals surface area contributed by atoms with Gasteiger partial charge in [0, 0.05) is 18.8 Å². The summed E-state index contributed by atoms with van der Waals surface area (Å²) in [4.78, 5) is 13.2. The molecule has 0 radical (unpaired) electrons. The number of hydrogen-bond donors (Lipinski definition) is 1. The molecule has 0 aliphatic carbocycles.